The Morgan fingerprint density at radius 1 is 1.11 bits per heavy atom. The molecule has 150 valence electrons. The van der Waals surface area contributed by atoms with Gasteiger partial charge >= 0.3 is 12.7 Å². The number of halogens is 2. The first-order valence-corrected chi connectivity index (χ1v) is 8.30. The molecule has 0 saturated carbocycles. The molecule has 2 rings (SSSR count). The van der Waals surface area contributed by atoms with Crippen molar-refractivity contribution in [2.75, 3.05) is 31.0 Å². The van der Waals surface area contributed by atoms with Crippen LogP contribution in [0.15, 0.2) is 42.5 Å². The van der Waals surface area contributed by atoms with E-state index in [1.165, 1.54) is 30.2 Å². The number of amides is 2. The van der Waals surface area contributed by atoms with Gasteiger partial charge in [0.1, 0.15) is 0 Å². The highest BCUT2D eigenvalue weighted by atomic mass is 19.3. The summed E-state index contributed by atoms with van der Waals surface area (Å²) in [5, 5.41) is 2.64. The highest BCUT2D eigenvalue weighted by molar-refractivity contribution is 6.04. The van der Waals surface area contributed by atoms with E-state index in [1.54, 1.807) is 38.2 Å². The van der Waals surface area contributed by atoms with Crippen molar-refractivity contribution in [3.8, 4) is 11.5 Å². The lowest BCUT2D eigenvalue weighted by molar-refractivity contribution is -0.0512. The summed E-state index contributed by atoms with van der Waals surface area (Å²) in [5.74, 6) is -0.673. The molecule has 0 aliphatic heterocycles. The van der Waals surface area contributed by atoms with Crippen LogP contribution < -0.4 is 19.7 Å². The number of ether oxygens (including phenoxy) is 3. The maximum Gasteiger partial charge on any atom is 0.413 e. The number of alkyl halides is 2. The molecule has 2 aromatic carbocycles. The molecule has 0 aromatic heterocycles. The van der Waals surface area contributed by atoms with E-state index in [4.69, 9.17) is 9.47 Å². The van der Waals surface area contributed by atoms with Gasteiger partial charge in [0.05, 0.1) is 13.7 Å². The Bertz CT molecular complexity index is 828. The van der Waals surface area contributed by atoms with E-state index in [9.17, 15) is 18.4 Å². The average molecular weight is 394 g/mol. The number of nitrogens with one attached hydrogen (secondary N) is 1. The molecule has 0 radical (unpaired) electrons. The second-order valence-corrected chi connectivity index (χ2v) is 5.50. The second-order valence-electron chi connectivity index (χ2n) is 5.50. The zero-order valence-corrected chi connectivity index (χ0v) is 15.6. The molecule has 0 unspecified atom stereocenters. The zero-order valence-electron chi connectivity index (χ0n) is 15.6. The molecule has 1 N–H and O–H groups in total. The van der Waals surface area contributed by atoms with Crippen LogP contribution in [-0.2, 0) is 4.74 Å². The number of anilines is 2. The zero-order chi connectivity index (χ0) is 20.7. The van der Waals surface area contributed by atoms with Crippen LogP contribution in [-0.4, -0.2) is 39.4 Å². The first-order valence-electron chi connectivity index (χ1n) is 8.30. The molecule has 0 saturated heterocycles. The minimum atomic E-state index is -3.05. The minimum Gasteiger partial charge on any atom is -0.493 e. The number of carbonyl (C=O) groups excluding carboxylic acids is 2. The molecule has 0 aliphatic rings. The number of benzene rings is 2. The SMILES string of the molecule is CCOC(=O)N(C)c1ccc(NC(=O)c2ccc(OC)c(OC(F)F)c2)cc1. The molecule has 2 amide bonds. The van der Waals surface area contributed by atoms with Gasteiger partial charge in [-0.05, 0) is 49.4 Å². The fourth-order valence-electron chi connectivity index (χ4n) is 2.30. The fraction of sp³-hybridized carbons (Fsp3) is 0.263. The summed E-state index contributed by atoms with van der Waals surface area (Å²) in [4.78, 5) is 25.4. The van der Waals surface area contributed by atoms with Crippen molar-refractivity contribution in [3.63, 3.8) is 0 Å². The van der Waals surface area contributed by atoms with Gasteiger partial charge in [0.25, 0.3) is 5.91 Å². The third-order valence-electron chi connectivity index (χ3n) is 3.70. The number of hydrogen-bond acceptors (Lipinski definition) is 5. The van der Waals surface area contributed by atoms with Crippen LogP contribution in [0.4, 0.5) is 25.0 Å². The lowest BCUT2D eigenvalue weighted by Gasteiger charge is -2.17. The fourth-order valence-corrected chi connectivity index (χ4v) is 2.30. The van der Waals surface area contributed by atoms with Gasteiger partial charge in [0.15, 0.2) is 11.5 Å². The predicted octanol–water partition coefficient (Wildman–Crippen LogP) is 4.14. The van der Waals surface area contributed by atoms with Gasteiger partial charge in [-0.1, -0.05) is 0 Å². The van der Waals surface area contributed by atoms with Gasteiger partial charge in [0.2, 0.25) is 0 Å². The number of carbonyl (C=O) groups is 2. The van der Waals surface area contributed by atoms with Gasteiger partial charge < -0.3 is 19.5 Å². The van der Waals surface area contributed by atoms with Crippen LogP contribution in [0.1, 0.15) is 17.3 Å². The van der Waals surface area contributed by atoms with E-state index in [0.29, 0.717) is 11.4 Å². The van der Waals surface area contributed by atoms with Crippen LogP contribution in [0.3, 0.4) is 0 Å². The summed E-state index contributed by atoms with van der Waals surface area (Å²) < 4.78 is 39.2. The first kappa shape index (κ1) is 20.9. The van der Waals surface area contributed by atoms with Crippen LogP contribution in [0.5, 0.6) is 11.5 Å². The Hall–Kier alpha value is -3.36. The maximum atomic E-state index is 12.5. The highest BCUT2D eigenvalue weighted by Crippen LogP contribution is 2.30. The molecule has 0 spiro atoms. The lowest BCUT2D eigenvalue weighted by Crippen LogP contribution is -2.26. The number of rotatable bonds is 7. The van der Waals surface area contributed by atoms with Gasteiger partial charge in [0, 0.05) is 24.0 Å². The molecule has 0 atom stereocenters. The molecule has 0 heterocycles. The minimum absolute atomic E-state index is 0.0863. The van der Waals surface area contributed by atoms with E-state index in [-0.39, 0.29) is 23.7 Å². The normalized spacial score (nSPS) is 10.4. The second kappa shape index (κ2) is 9.54. The standard InChI is InChI=1S/C19H20F2N2O5/c1-4-27-19(25)23(2)14-8-6-13(7-9-14)22-17(24)12-5-10-15(26-3)16(11-12)28-18(20)21/h5-11,18H,4H2,1-3H3,(H,22,24). The summed E-state index contributed by atoms with van der Waals surface area (Å²) in [6.07, 6.45) is -0.496. The Kier molecular flexibility index (Phi) is 7.14. The molecule has 28 heavy (non-hydrogen) atoms. The molecular formula is C19H20F2N2O5. The van der Waals surface area contributed by atoms with E-state index in [2.05, 4.69) is 10.1 Å². The van der Waals surface area contributed by atoms with Crippen LogP contribution in [0.2, 0.25) is 0 Å². The van der Waals surface area contributed by atoms with Crippen molar-refractivity contribution in [3.05, 3.63) is 48.0 Å². The summed E-state index contributed by atoms with van der Waals surface area (Å²) in [5.41, 5.74) is 1.15. The van der Waals surface area contributed by atoms with Gasteiger partial charge in [-0.3, -0.25) is 9.69 Å². The van der Waals surface area contributed by atoms with Gasteiger partial charge in [-0.15, -0.1) is 0 Å². The Morgan fingerprint density at radius 2 is 1.79 bits per heavy atom. The summed E-state index contributed by atoms with van der Waals surface area (Å²) >= 11 is 0. The first-order chi connectivity index (χ1) is 13.3. The highest BCUT2D eigenvalue weighted by Gasteiger charge is 2.15. The van der Waals surface area contributed by atoms with E-state index >= 15 is 0 Å². The predicted molar refractivity (Wildman–Crippen MR) is 99.4 cm³/mol. The van der Waals surface area contributed by atoms with Crippen molar-refractivity contribution in [2.45, 2.75) is 13.5 Å². The summed E-state index contributed by atoms with van der Waals surface area (Å²) in [6, 6.07) is 10.4. The molecule has 7 nitrogen and oxygen atoms in total. The molecule has 2 aromatic rings. The third-order valence-corrected chi connectivity index (χ3v) is 3.70. The summed E-state index contributed by atoms with van der Waals surface area (Å²) in [7, 11) is 2.87. The largest absolute Gasteiger partial charge is 0.493 e. The Morgan fingerprint density at radius 3 is 2.36 bits per heavy atom. The smallest absolute Gasteiger partial charge is 0.413 e. The van der Waals surface area contributed by atoms with Crippen LogP contribution >= 0.6 is 0 Å². The molecule has 0 aliphatic carbocycles. The van der Waals surface area contributed by atoms with E-state index < -0.39 is 18.6 Å². The lowest BCUT2D eigenvalue weighted by atomic mass is 10.1. The van der Waals surface area contributed by atoms with Crippen molar-refractivity contribution in [1.29, 1.82) is 0 Å². The van der Waals surface area contributed by atoms with Crippen molar-refractivity contribution in [1.82, 2.24) is 0 Å². The Balaban J connectivity index is 2.11. The van der Waals surface area contributed by atoms with Crippen molar-refractivity contribution >= 4 is 23.4 Å². The Labute approximate surface area is 160 Å². The number of methoxy groups -OCH3 is 1. The quantitative estimate of drug-likeness (QED) is 0.764. The summed E-state index contributed by atoms with van der Waals surface area (Å²) in [6.45, 7) is -1.08. The molecule has 0 fully saturated rings. The number of nitrogens with zero attached hydrogens (tertiary/aromatic N) is 1. The van der Waals surface area contributed by atoms with Crippen molar-refractivity contribution < 1.29 is 32.6 Å². The monoisotopic (exact) mass is 394 g/mol. The van der Waals surface area contributed by atoms with E-state index in [1.807, 2.05) is 0 Å². The van der Waals surface area contributed by atoms with E-state index in [0.717, 1.165) is 0 Å². The molecule has 0 bridgehead atoms. The average Bonchev–Trinajstić information content (AvgIpc) is 2.67. The van der Waals surface area contributed by atoms with Crippen molar-refractivity contribution in [2.24, 2.45) is 0 Å². The number of hydrogen-bond donors (Lipinski definition) is 1. The third kappa shape index (κ3) is 5.32. The van der Waals surface area contributed by atoms with Crippen LogP contribution in [0, 0.1) is 0 Å². The van der Waals surface area contributed by atoms with Gasteiger partial charge in [-0.2, -0.15) is 8.78 Å². The van der Waals surface area contributed by atoms with Gasteiger partial charge in [-0.25, -0.2) is 4.79 Å². The van der Waals surface area contributed by atoms with Crippen LogP contribution in [0.25, 0.3) is 0 Å². The maximum absolute atomic E-state index is 12.5. The molecule has 9 heteroatoms. The molecular weight excluding hydrogens is 374 g/mol. The topological polar surface area (TPSA) is 77.1 Å².